The smallest absolute Gasteiger partial charge is 0.330 e. The molecular formula is C14H23N2O5P. The van der Waals surface area contributed by atoms with E-state index in [2.05, 4.69) is 0 Å². The van der Waals surface area contributed by atoms with Gasteiger partial charge in [-0.25, -0.2) is 0 Å². The molecule has 0 aliphatic carbocycles. The van der Waals surface area contributed by atoms with E-state index in [9.17, 15) is 14.7 Å². The maximum Gasteiger partial charge on any atom is 0.330 e. The second-order valence-electron chi connectivity index (χ2n) is 4.72. The molecule has 0 bridgehead atoms. The van der Waals surface area contributed by atoms with Gasteiger partial charge in [0.25, 0.3) is 5.69 Å². The summed E-state index contributed by atoms with van der Waals surface area (Å²) in [5.74, 6) is 0. The minimum atomic E-state index is -3.03. The first-order valence-corrected chi connectivity index (χ1v) is 8.98. The Kier molecular flexibility index (Phi) is 7.51. The zero-order valence-electron chi connectivity index (χ0n) is 13.2. The minimum Gasteiger partial charge on any atom is -0.374 e. The lowest BCUT2D eigenvalue weighted by Gasteiger charge is -2.21. The fourth-order valence-corrected chi connectivity index (χ4v) is 3.68. The van der Waals surface area contributed by atoms with E-state index in [4.69, 9.17) is 9.05 Å². The van der Waals surface area contributed by atoms with Gasteiger partial charge < -0.3 is 13.9 Å². The van der Waals surface area contributed by atoms with Crippen LogP contribution in [0.2, 0.25) is 0 Å². The van der Waals surface area contributed by atoms with E-state index in [1.807, 2.05) is 11.9 Å². The molecule has 0 atom stereocenters. The summed E-state index contributed by atoms with van der Waals surface area (Å²) in [7, 11) is -1.19. The topological polar surface area (TPSA) is 81.9 Å². The van der Waals surface area contributed by atoms with Crippen LogP contribution in [0.3, 0.4) is 0 Å². The van der Waals surface area contributed by atoms with Crippen molar-refractivity contribution in [2.45, 2.75) is 20.3 Å². The van der Waals surface area contributed by atoms with Crippen molar-refractivity contribution < 1.29 is 18.5 Å². The van der Waals surface area contributed by atoms with Gasteiger partial charge in [0.1, 0.15) is 0 Å². The zero-order valence-corrected chi connectivity index (χ0v) is 14.1. The van der Waals surface area contributed by atoms with Gasteiger partial charge in [-0.3, -0.25) is 14.7 Å². The van der Waals surface area contributed by atoms with Gasteiger partial charge in [0.15, 0.2) is 0 Å². The number of benzene rings is 1. The molecule has 0 amide bonds. The van der Waals surface area contributed by atoms with E-state index < -0.39 is 12.5 Å². The highest BCUT2D eigenvalue weighted by Gasteiger charge is 2.23. The van der Waals surface area contributed by atoms with E-state index in [1.54, 1.807) is 26.0 Å². The molecule has 1 aromatic rings. The van der Waals surface area contributed by atoms with E-state index in [1.165, 1.54) is 12.1 Å². The summed E-state index contributed by atoms with van der Waals surface area (Å²) in [6, 6.07) is 6.42. The highest BCUT2D eigenvalue weighted by molar-refractivity contribution is 7.53. The Bertz CT molecular complexity index is 528. The first-order chi connectivity index (χ1) is 10.4. The average Bonchev–Trinajstić information content (AvgIpc) is 2.47. The molecule has 0 unspecified atom stereocenters. The number of rotatable bonds is 10. The summed E-state index contributed by atoms with van der Waals surface area (Å²) in [6.45, 7) is 4.85. The third-order valence-corrected chi connectivity index (χ3v) is 5.23. The Morgan fingerprint density at radius 2 is 1.91 bits per heavy atom. The summed E-state index contributed by atoms with van der Waals surface area (Å²) < 4.78 is 22.8. The molecule has 0 saturated carbocycles. The van der Waals surface area contributed by atoms with Gasteiger partial charge in [-0.2, -0.15) is 0 Å². The van der Waals surface area contributed by atoms with Crippen molar-refractivity contribution in [2.24, 2.45) is 0 Å². The van der Waals surface area contributed by atoms with Crippen molar-refractivity contribution in [3.05, 3.63) is 34.4 Å². The Morgan fingerprint density at radius 3 is 2.45 bits per heavy atom. The Labute approximate surface area is 130 Å². The molecule has 1 rings (SSSR count). The number of nitro benzene ring substituents is 1. The van der Waals surface area contributed by atoms with Crippen LogP contribution in [0.1, 0.15) is 20.3 Å². The van der Waals surface area contributed by atoms with Crippen LogP contribution in [0.4, 0.5) is 11.4 Å². The van der Waals surface area contributed by atoms with E-state index in [0.29, 0.717) is 32.3 Å². The Hall–Kier alpha value is -1.43. The molecule has 124 valence electrons. The molecule has 0 radical (unpaired) electrons. The minimum absolute atomic E-state index is 0.0543. The van der Waals surface area contributed by atoms with Gasteiger partial charge in [-0.1, -0.05) is 6.07 Å². The quantitative estimate of drug-likeness (QED) is 0.370. The first-order valence-electron chi connectivity index (χ1n) is 7.25. The fourth-order valence-electron chi connectivity index (χ4n) is 2.03. The highest BCUT2D eigenvalue weighted by atomic mass is 31.2. The third kappa shape index (κ3) is 5.75. The van der Waals surface area contributed by atoms with Gasteiger partial charge in [0.05, 0.1) is 24.3 Å². The van der Waals surface area contributed by atoms with Gasteiger partial charge >= 0.3 is 7.60 Å². The predicted molar refractivity (Wildman–Crippen MR) is 86.7 cm³/mol. The van der Waals surface area contributed by atoms with Crippen molar-refractivity contribution in [3.8, 4) is 0 Å². The first kappa shape index (κ1) is 18.6. The molecule has 22 heavy (non-hydrogen) atoms. The van der Waals surface area contributed by atoms with Crippen molar-refractivity contribution >= 4 is 19.0 Å². The van der Waals surface area contributed by atoms with Crippen LogP contribution < -0.4 is 4.90 Å². The predicted octanol–water partition coefficient (Wildman–Crippen LogP) is 3.69. The van der Waals surface area contributed by atoms with Gasteiger partial charge in [0.2, 0.25) is 0 Å². The standard InChI is InChI=1S/C14H23N2O5P/c1-4-20-22(19,21-5-2)11-7-10-15(3)13-8-6-9-14(12-13)16(17)18/h6,8-9,12H,4-5,7,10-11H2,1-3H3. The average molecular weight is 330 g/mol. The second-order valence-corrected chi connectivity index (χ2v) is 6.91. The van der Waals surface area contributed by atoms with Crippen LogP contribution >= 0.6 is 7.60 Å². The van der Waals surface area contributed by atoms with Crippen LogP contribution in [0.25, 0.3) is 0 Å². The maximum absolute atomic E-state index is 12.3. The number of hydrogen-bond acceptors (Lipinski definition) is 6. The fraction of sp³-hybridized carbons (Fsp3) is 0.571. The van der Waals surface area contributed by atoms with Crippen molar-refractivity contribution in [1.29, 1.82) is 0 Å². The molecule has 1 aromatic carbocycles. The molecule has 0 N–H and O–H groups in total. The molecule has 0 saturated heterocycles. The summed E-state index contributed by atoms with van der Waals surface area (Å²) in [4.78, 5) is 12.2. The molecule has 8 heteroatoms. The highest BCUT2D eigenvalue weighted by Crippen LogP contribution is 2.48. The maximum atomic E-state index is 12.3. The summed E-state index contributed by atoms with van der Waals surface area (Å²) in [5.41, 5.74) is 0.801. The number of non-ortho nitro benzene ring substituents is 1. The number of hydrogen-bond donors (Lipinski definition) is 0. The lowest BCUT2D eigenvalue weighted by Crippen LogP contribution is -2.19. The molecule has 0 aliphatic rings. The van der Waals surface area contributed by atoms with Crippen LogP contribution in [0.15, 0.2) is 24.3 Å². The lowest BCUT2D eigenvalue weighted by atomic mass is 10.2. The van der Waals surface area contributed by atoms with Crippen molar-refractivity contribution in [3.63, 3.8) is 0 Å². The Morgan fingerprint density at radius 1 is 1.27 bits per heavy atom. The SMILES string of the molecule is CCOP(=O)(CCCN(C)c1cccc([N+](=O)[O-])c1)OCC. The molecule has 0 aromatic heterocycles. The van der Waals surface area contributed by atoms with Crippen molar-refractivity contribution in [2.75, 3.05) is 37.9 Å². The van der Waals surface area contributed by atoms with Crippen LogP contribution in [-0.2, 0) is 13.6 Å². The monoisotopic (exact) mass is 330 g/mol. The van der Waals surface area contributed by atoms with Crippen LogP contribution in [0, 0.1) is 10.1 Å². The van der Waals surface area contributed by atoms with Gasteiger partial charge in [-0.15, -0.1) is 0 Å². The number of anilines is 1. The zero-order chi connectivity index (χ0) is 16.6. The molecule has 0 spiro atoms. The number of nitrogens with zero attached hydrogens (tertiary/aromatic N) is 2. The summed E-state index contributed by atoms with van der Waals surface area (Å²) >= 11 is 0. The molecule has 0 fully saturated rings. The normalized spacial score (nSPS) is 11.4. The second kappa shape index (κ2) is 8.88. The lowest BCUT2D eigenvalue weighted by molar-refractivity contribution is -0.384. The largest absolute Gasteiger partial charge is 0.374 e. The van der Waals surface area contributed by atoms with Crippen molar-refractivity contribution in [1.82, 2.24) is 0 Å². The molecular weight excluding hydrogens is 307 g/mol. The van der Waals surface area contributed by atoms with Crippen LogP contribution in [-0.4, -0.2) is 37.9 Å². The molecule has 0 heterocycles. The van der Waals surface area contributed by atoms with E-state index >= 15 is 0 Å². The molecule has 7 nitrogen and oxygen atoms in total. The van der Waals surface area contributed by atoms with Gasteiger partial charge in [-0.05, 0) is 26.3 Å². The molecule has 0 aliphatic heterocycles. The summed E-state index contributed by atoms with van der Waals surface area (Å²) in [6.07, 6.45) is 0.935. The van der Waals surface area contributed by atoms with E-state index in [-0.39, 0.29) is 5.69 Å². The third-order valence-electron chi connectivity index (χ3n) is 3.06. The summed E-state index contributed by atoms with van der Waals surface area (Å²) in [5, 5.41) is 10.8. The Balaban J connectivity index is 2.58. The van der Waals surface area contributed by atoms with Gasteiger partial charge in [0, 0.05) is 31.4 Å². The number of nitro groups is 1. The van der Waals surface area contributed by atoms with E-state index in [0.717, 1.165) is 5.69 Å². The van der Waals surface area contributed by atoms with Crippen LogP contribution in [0.5, 0.6) is 0 Å².